The lowest BCUT2D eigenvalue weighted by molar-refractivity contribution is 0.392. The molecule has 3 nitrogen and oxygen atoms in total. The number of hydrogen-bond acceptors (Lipinski definition) is 3. The van der Waals surface area contributed by atoms with Crippen LogP contribution in [-0.4, -0.2) is 13.0 Å². The van der Waals surface area contributed by atoms with E-state index >= 15 is 0 Å². The number of benzene rings is 1. The van der Waals surface area contributed by atoms with Crippen molar-refractivity contribution in [2.24, 2.45) is 0 Å². The molecule has 0 saturated carbocycles. The number of allylic oxidation sites excluding steroid dienone is 2. The molecule has 0 aliphatic rings. The molecule has 0 fully saturated rings. The van der Waals surface area contributed by atoms with Crippen molar-refractivity contribution in [2.45, 2.75) is 26.7 Å². The van der Waals surface area contributed by atoms with Gasteiger partial charge in [-0.3, -0.25) is 5.41 Å². The van der Waals surface area contributed by atoms with Crippen LogP contribution in [0.2, 0.25) is 0 Å². The average molecular weight is 233 g/mol. The van der Waals surface area contributed by atoms with Gasteiger partial charge in [0.2, 0.25) is 5.90 Å². The van der Waals surface area contributed by atoms with Gasteiger partial charge in [-0.25, -0.2) is 0 Å². The van der Waals surface area contributed by atoms with Gasteiger partial charge in [0.15, 0.2) is 0 Å². The summed E-state index contributed by atoms with van der Waals surface area (Å²) in [6.45, 7) is 4.06. The summed E-state index contributed by atoms with van der Waals surface area (Å²) in [7, 11) is 1.61. The van der Waals surface area contributed by atoms with Crippen molar-refractivity contribution in [3.8, 4) is 5.75 Å². The van der Waals surface area contributed by atoms with Crippen molar-refractivity contribution in [1.29, 1.82) is 5.41 Å². The molecule has 0 aliphatic heterocycles. The maximum atomic E-state index is 7.90. The second-order valence-electron chi connectivity index (χ2n) is 3.60. The van der Waals surface area contributed by atoms with Gasteiger partial charge in [0.25, 0.3) is 0 Å². The monoisotopic (exact) mass is 233 g/mol. The summed E-state index contributed by atoms with van der Waals surface area (Å²) in [6, 6.07) is 7.33. The third-order valence-corrected chi connectivity index (χ3v) is 2.35. The first-order valence-corrected chi connectivity index (χ1v) is 5.81. The summed E-state index contributed by atoms with van der Waals surface area (Å²) in [5.41, 5.74) is 0.722. The fourth-order valence-corrected chi connectivity index (χ4v) is 1.44. The topological polar surface area (TPSA) is 42.3 Å². The number of rotatable bonds is 5. The quantitative estimate of drug-likeness (QED) is 0.478. The highest BCUT2D eigenvalue weighted by Crippen LogP contribution is 2.15. The van der Waals surface area contributed by atoms with E-state index in [4.69, 9.17) is 14.9 Å². The zero-order chi connectivity index (χ0) is 12.7. The Balaban J connectivity index is 2.78. The van der Waals surface area contributed by atoms with Gasteiger partial charge >= 0.3 is 0 Å². The third kappa shape index (κ3) is 3.94. The van der Waals surface area contributed by atoms with Gasteiger partial charge in [0.05, 0.1) is 7.11 Å². The molecule has 92 valence electrons. The molecule has 0 spiro atoms. The van der Waals surface area contributed by atoms with Crippen LogP contribution in [0.5, 0.6) is 5.75 Å². The van der Waals surface area contributed by atoms with Crippen LogP contribution in [0.15, 0.2) is 36.1 Å². The molecule has 0 aromatic heterocycles. The first kappa shape index (κ1) is 13.3. The molecule has 1 aromatic carbocycles. The fraction of sp³-hybridized carbons (Fsp3) is 0.357. The molecule has 3 heteroatoms. The fourth-order valence-electron chi connectivity index (χ4n) is 1.44. The molecule has 0 heterocycles. The van der Waals surface area contributed by atoms with Gasteiger partial charge in [0.1, 0.15) is 11.5 Å². The SMILES string of the molecule is CC/C=C(\CC)OC(=N)c1cccc(OC)c1. The Bertz CT molecular complexity index is 410. The minimum absolute atomic E-state index is 0.158. The highest BCUT2D eigenvalue weighted by atomic mass is 16.5. The largest absolute Gasteiger partial charge is 0.497 e. The van der Waals surface area contributed by atoms with Crippen LogP contribution in [0.1, 0.15) is 32.3 Å². The molecule has 0 atom stereocenters. The second kappa shape index (κ2) is 6.74. The van der Waals surface area contributed by atoms with Crippen molar-refractivity contribution in [3.05, 3.63) is 41.7 Å². The Morgan fingerprint density at radius 1 is 1.35 bits per heavy atom. The van der Waals surface area contributed by atoms with Gasteiger partial charge in [-0.15, -0.1) is 0 Å². The minimum Gasteiger partial charge on any atom is -0.497 e. The molecule has 1 aromatic rings. The predicted molar refractivity (Wildman–Crippen MR) is 69.6 cm³/mol. The highest BCUT2D eigenvalue weighted by Gasteiger charge is 2.06. The Morgan fingerprint density at radius 2 is 2.12 bits per heavy atom. The summed E-state index contributed by atoms with van der Waals surface area (Å²) in [5, 5.41) is 7.90. The van der Waals surface area contributed by atoms with Gasteiger partial charge in [-0.05, 0) is 30.7 Å². The minimum atomic E-state index is 0.158. The van der Waals surface area contributed by atoms with Crippen LogP contribution >= 0.6 is 0 Å². The van der Waals surface area contributed by atoms with Gasteiger partial charge in [-0.1, -0.05) is 19.9 Å². The molecular weight excluding hydrogens is 214 g/mol. The van der Waals surface area contributed by atoms with Crippen LogP contribution in [0.25, 0.3) is 0 Å². The molecule has 0 amide bonds. The maximum Gasteiger partial charge on any atom is 0.218 e. The van der Waals surface area contributed by atoms with E-state index in [9.17, 15) is 0 Å². The van der Waals surface area contributed by atoms with Gasteiger partial charge in [-0.2, -0.15) is 0 Å². The summed E-state index contributed by atoms with van der Waals surface area (Å²) < 4.78 is 10.6. The van der Waals surface area contributed by atoms with Crippen molar-refractivity contribution < 1.29 is 9.47 Å². The summed E-state index contributed by atoms with van der Waals surface area (Å²) in [5.74, 6) is 1.72. The predicted octanol–water partition coefficient (Wildman–Crippen LogP) is 3.74. The molecular formula is C14H19NO2. The van der Waals surface area contributed by atoms with E-state index in [0.29, 0.717) is 0 Å². The third-order valence-electron chi connectivity index (χ3n) is 2.35. The Labute approximate surface area is 103 Å². The molecule has 0 saturated heterocycles. The van der Waals surface area contributed by atoms with E-state index in [1.807, 2.05) is 38.1 Å². The van der Waals surface area contributed by atoms with Crippen molar-refractivity contribution in [2.75, 3.05) is 7.11 Å². The average Bonchev–Trinajstić information content (AvgIpc) is 2.38. The second-order valence-corrected chi connectivity index (χ2v) is 3.60. The van der Waals surface area contributed by atoms with Gasteiger partial charge in [0, 0.05) is 12.0 Å². The van der Waals surface area contributed by atoms with Gasteiger partial charge < -0.3 is 9.47 Å². The normalized spacial score (nSPS) is 11.1. The number of methoxy groups -OCH3 is 1. The zero-order valence-corrected chi connectivity index (χ0v) is 10.6. The van der Waals surface area contributed by atoms with Crippen LogP contribution in [0.4, 0.5) is 0 Å². The Morgan fingerprint density at radius 3 is 2.71 bits per heavy atom. The zero-order valence-electron chi connectivity index (χ0n) is 10.6. The van der Waals surface area contributed by atoms with Crippen LogP contribution in [0.3, 0.4) is 0 Å². The first-order chi connectivity index (χ1) is 8.21. The molecule has 0 radical (unpaired) electrons. The van der Waals surface area contributed by atoms with Crippen molar-refractivity contribution in [3.63, 3.8) is 0 Å². The van der Waals surface area contributed by atoms with Crippen molar-refractivity contribution in [1.82, 2.24) is 0 Å². The smallest absolute Gasteiger partial charge is 0.218 e. The lowest BCUT2D eigenvalue weighted by atomic mass is 10.2. The van der Waals surface area contributed by atoms with E-state index in [2.05, 4.69) is 0 Å². The standard InChI is InChI=1S/C14H19NO2/c1-4-7-12(5-2)17-14(15)11-8-6-9-13(10-11)16-3/h6-10,15H,4-5H2,1-3H3/b12-7+,15-14?. The van der Waals surface area contributed by atoms with E-state index < -0.39 is 0 Å². The summed E-state index contributed by atoms with van der Waals surface area (Å²) >= 11 is 0. The van der Waals surface area contributed by atoms with E-state index in [0.717, 1.165) is 29.9 Å². The lowest BCUT2D eigenvalue weighted by Gasteiger charge is -2.10. The van der Waals surface area contributed by atoms with E-state index in [1.165, 1.54) is 0 Å². The number of hydrogen-bond donors (Lipinski definition) is 1. The van der Waals surface area contributed by atoms with Crippen molar-refractivity contribution >= 4 is 5.90 Å². The van der Waals surface area contributed by atoms with Crippen LogP contribution < -0.4 is 4.74 Å². The van der Waals surface area contributed by atoms with Crippen LogP contribution in [0, 0.1) is 5.41 Å². The summed E-state index contributed by atoms with van der Waals surface area (Å²) in [6.07, 6.45) is 3.70. The van der Waals surface area contributed by atoms with E-state index in [1.54, 1.807) is 13.2 Å². The molecule has 1 N–H and O–H groups in total. The number of ether oxygens (including phenoxy) is 2. The molecule has 1 rings (SSSR count). The molecule has 0 bridgehead atoms. The molecule has 0 unspecified atom stereocenters. The lowest BCUT2D eigenvalue weighted by Crippen LogP contribution is -2.05. The van der Waals surface area contributed by atoms with E-state index in [-0.39, 0.29) is 5.90 Å². The van der Waals surface area contributed by atoms with Crippen LogP contribution in [-0.2, 0) is 4.74 Å². The maximum absolute atomic E-state index is 7.90. The summed E-state index contributed by atoms with van der Waals surface area (Å²) in [4.78, 5) is 0. The Hall–Kier alpha value is -1.77. The first-order valence-electron chi connectivity index (χ1n) is 5.81. The highest BCUT2D eigenvalue weighted by molar-refractivity contribution is 5.92. The molecule has 0 aliphatic carbocycles. The number of nitrogens with one attached hydrogen (secondary N) is 1. The molecule has 17 heavy (non-hydrogen) atoms. The Kier molecular flexibility index (Phi) is 5.27.